The quantitative estimate of drug-likeness (QED) is 0.862. The second-order valence-electron chi connectivity index (χ2n) is 5.03. The third kappa shape index (κ3) is 3.35. The zero-order valence-corrected chi connectivity index (χ0v) is 11.2. The van der Waals surface area contributed by atoms with Gasteiger partial charge in [0.2, 0.25) is 0 Å². The zero-order chi connectivity index (χ0) is 13.1. The Kier molecular flexibility index (Phi) is 3.51. The Morgan fingerprint density at radius 1 is 1.32 bits per heavy atom. The third-order valence-electron chi connectivity index (χ3n) is 3.28. The molecule has 1 aliphatic rings. The zero-order valence-electron chi connectivity index (χ0n) is 11.2. The molecule has 0 aliphatic heterocycles. The van der Waals surface area contributed by atoms with Crippen LogP contribution in [-0.2, 0) is 20.2 Å². The number of hydrogen-bond acceptors (Lipinski definition) is 3. The lowest BCUT2D eigenvalue weighted by molar-refractivity contribution is 0.296. The molecular formula is C15H19N3O. The molecule has 19 heavy (non-hydrogen) atoms. The summed E-state index contributed by atoms with van der Waals surface area (Å²) in [7, 11) is 1.91. The number of rotatable bonds is 6. The lowest BCUT2D eigenvalue weighted by atomic mass is 10.2. The molecule has 1 heterocycles. The van der Waals surface area contributed by atoms with E-state index in [2.05, 4.69) is 22.5 Å². The van der Waals surface area contributed by atoms with Crippen molar-refractivity contribution < 1.29 is 4.74 Å². The molecule has 3 rings (SSSR count). The molecule has 0 spiro atoms. The van der Waals surface area contributed by atoms with Crippen LogP contribution in [0.4, 0.5) is 0 Å². The van der Waals surface area contributed by atoms with E-state index in [9.17, 15) is 0 Å². The number of benzene rings is 1. The van der Waals surface area contributed by atoms with Crippen molar-refractivity contribution in [2.45, 2.75) is 32.0 Å². The SMILES string of the molecule is Cn1ccc(COc2ccccc2CNC2CC2)n1. The van der Waals surface area contributed by atoms with Crippen LogP contribution in [0.5, 0.6) is 5.75 Å². The van der Waals surface area contributed by atoms with Gasteiger partial charge in [-0.05, 0) is 25.0 Å². The molecule has 0 unspecified atom stereocenters. The molecule has 0 saturated heterocycles. The largest absolute Gasteiger partial charge is 0.487 e. The Balaban J connectivity index is 1.62. The van der Waals surface area contributed by atoms with E-state index in [-0.39, 0.29) is 0 Å². The summed E-state index contributed by atoms with van der Waals surface area (Å²) in [6, 6.07) is 10.9. The van der Waals surface area contributed by atoms with Gasteiger partial charge in [-0.1, -0.05) is 18.2 Å². The Hall–Kier alpha value is -1.81. The standard InChI is InChI=1S/C15H19N3O/c1-18-9-8-14(17-18)11-19-15-5-3-2-4-12(15)10-16-13-6-7-13/h2-5,8-9,13,16H,6-7,10-11H2,1H3. The molecule has 0 bridgehead atoms. The fourth-order valence-electron chi connectivity index (χ4n) is 2.02. The van der Waals surface area contributed by atoms with Gasteiger partial charge >= 0.3 is 0 Å². The summed E-state index contributed by atoms with van der Waals surface area (Å²) in [5.41, 5.74) is 2.16. The average molecular weight is 257 g/mol. The third-order valence-corrected chi connectivity index (χ3v) is 3.28. The minimum absolute atomic E-state index is 0.515. The van der Waals surface area contributed by atoms with E-state index in [1.807, 2.05) is 31.4 Å². The van der Waals surface area contributed by atoms with E-state index >= 15 is 0 Å². The van der Waals surface area contributed by atoms with E-state index in [0.717, 1.165) is 18.0 Å². The number of para-hydroxylation sites is 1. The molecule has 4 nitrogen and oxygen atoms in total. The minimum atomic E-state index is 0.515. The van der Waals surface area contributed by atoms with Crippen LogP contribution in [0.25, 0.3) is 0 Å². The van der Waals surface area contributed by atoms with Crippen molar-refractivity contribution in [3.05, 3.63) is 47.8 Å². The maximum absolute atomic E-state index is 5.87. The van der Waals surface area contributed by atoms with Crippen LogP contribution in [-0.4, -0.2) is 15.8 Å². The van der Waals surface area contributed by atoms with Gasteiger partial charge in [-0.25, -0.2) is 0 Å². The molecule has 1 aliphatic carbocycles. The predicted molar refractivity (Wildman–Crippen MR) is 73.8 cm³/mol. The summed E-state index contributed by atoms with van der Waals surface area (Å²) >= 11 is 0. The number of hydrogen-bond donors (Lipinski definition) is 1. The van der Waals surface area contributed by atoms with Gasteiger partial charge < -0.3 is 10.1 Å². The highest BCUT2D eigenvalue weighted by molar-refractivity contribution is 5.33. The highest BCUT2D eigenvalue weighted by Gasteiger charge is 2.20. The fraction of sp³-hybridized carbons (Fsp3) is 0.400. The molecule has 0 radical (unpaired) electrons. The molecular weight excluding hydrogens is 238 g/mol. The molecule has 1 saturated carbocycles. The normalized spacial score (nSPS) is 14.6. The van der Waals surface area contributed by atoms with E-state index < -0.39 is 0 Å². The van der Waals surface area contributed by atoms with Crippen molar-refractivity contribution in [1.82, 2.24) is 15.1 Å². The Labute approximate surface area is 113 Å². The lowest BCUT2D eigenvalue weighted by Gasteiger charge is -2.11. The molecule has 2 aromatic rings. The summed E-state index contributed by atoms with van der Waals surface area (Å²) in [6.07, 6.45) is 4.53. The Bertz CT molecular complexity index is 546. The summed E-state index contributed by atoms with van der Waals surface area (Å²) in [5, 5.41) is 7.83. The van der Waals surface area contributed by atoms with Crippen molar-refractivity contribution in [2.24, 2.45) is 7.05 Å². The molecule has 0 amide bonds. The summed E-state index contributed by atoms with van der Waals surface area (Å²) in [4.78, 5) is 0. The molecule has 100 valence electrons. The fourth-order valence-corrected chi connectivity index (χ4v) is 2.02. The van der Waals surface area contributed by atoms with E-state index in [1.165, 1.54) is 18.4 Å². The smallest absolute Gasteiger partial charge is 0.132 e. The number of nitrogens with zero attached hydrogens (tertiary/aromatic N) is 2. The van der Waals surface area contributed by atoms with Crippen molar-refractivity contribution in [3.8, 4) is 5.75 Å². The van der Waals surface area contributed by atoms with Gasteiger partial charge in [0.25, 0.3) is 0 Å². The highest BCUT2D eigenvalue weighted by atomic mass is 16.5. The predicted octanol–water partition coefficient (Wildman–Crippen LogP) is 2.25. The number of nitrogens with one attached hydrogen (secondary N) is 1. The van der Waals surface area contributed by atoms with E-state index in [1.54, 1.807) is 4.68 Å². The maximum atomic E-state index is 5.87. The number of aromatic nitrogens is 2. The van der Waals surface area contributed by atoms with Crippen molar-refractivity contribution in [3.63, 3.8) is 0 Å². The summed E-state index contributed by atoms with van der Waals surface area (Å²) < 4.78 is 7.66. The van der Waals surface area contributed by atoms with Crippen LogP contribution in [0.2, 0.25) is 0 Å². The maximum Gasteiger partial charge on any atom is 0.132 e. The first-order valence-electron chi connectivity index (χ1n) is 6.74. The van der Waals surface area contributed by atoms with Crippen LogP contribution in [0.3, 0.4) is 0 Å². The Morgan fingerprint density at radius 3 is 2.89 bits per heavy atom. The number of ether oxygens (including phenoxy) is 1. The second kappa shape index (κ2) is 5.45. The van der Waals surface area contributed by atoms with Gasteiger partial charge in [-0.3, -0.25) is 4.68 Å². The second-order valence-corrected chi connectivity index (χ2v) is 5.03. The molecule has 1 aromatic carbocycles. The van der Waals surface area contributed by atoms with Crippen molar-refractivity contribution in [1.29, 1.82) is 0 Å². The first-order chi connectivity index (χ1) is 9.31. The van der Waals surface area contributed by atoms with Crippen LogP contribution in [0.15, 0.2) is 36.5 Å². The van der Waals surface area contributed by atoms with Crippen LogP contribution < -0.4 is 10.1 Å². The van der Waals surface area contributed by atoms with Gasteiger partial charge in [0, 0.05) is 31.4 Å². The van der Waals surface area contributed by atoms with E-state index in [4.69, 9.17) is 4.74 Å². The van der Waals surface area contributed by atoms with Gasteiger partial charge in [0.05, 0.1) is 5.69 Å². The van der Waals surface area contributed by atoms with Gasteiger partial charge in [0.1, 0.15) is 12.4 Å². The summed E-state index contributed by atoms with van der Waals surface area (Å²) in [5.74, 6) is 0.946. The number of aryl methyl sites for hydroxylation is 1. The van der Waals surface area contributed by atoms with Crippen LogP contribution >= 0.6 is 0 Å². The topological polar surface area (TPSA) is 39.1 Å². The van der Waals surface area contributed by atoms with Crippen molar-refractivity contribution in [2.75, 3.05) is 0 Å². The van der Waals surface area contributed by atoms with Gasteiger partial charge in [-0.2, -0.15) is 5.10 Å². The molecule has 4 heteroatoms. The molecule has 1 fully saturated rings. The average Bonchev–Trinajstić information content (AvgIpc) is 3.17. The molecule has 1 aromatic heterocycles. The van der Waals surface area contributed by atoms with Crippen LogP contribution in [0, 0.1) is 0 Å². The Morgan fingerprint density at radius 2 is 2.16 bits per heavy atom. The first kappa shape index (κ1) is 12.2. The summed E-state index contributed by atoms with van der Waals surface area (Å²) in [6.45, 7) is 1.39. The molecule has 0 atom stereocenters. The first-order valence-corrected chi connectivity index (χ1v) is 6.74. The van der Waals surface area contributed by atoms with E-state index in [0.29, 0.717) is 12.6 Å². The van der Waals surface area contributed by atoms with Gasteiger partial charge in [0.15, 0.2) is 0 Å². The lowest BCUT2D eigenvalue weighted by Crippen LogP contribution is -2.16. The van der Waals surface area contributed by atoms with Gasteiger partial charge in [-0.15, -0.1) is 0 Å². The highest BCUT2D eigenvalue weighted by Crippen LogP contribution is 2.23. The van der Waals surface area contributed by atoms with Crippen LogP contribution in [0.1, 0.15) is 24.1 Å². The van der Waals surface area contributed by atoms with Crippen molar-refractivity contribution >= 4 is 0 Å². The minimum Gasteiger partial charge on any atom is -0.487 e. The monoisotopic (exact) mass is 257 g/mol. The molecule has 1 N–H and O–H groups in total.